The first kappa shape index (κ1) is 18.3. The smallest absolute Gasteiger partial charge is 0.343 e. The number of hydrogen-bond donors (Lipinski definition) is 2. The minimum absolute atomic E-state index is 0.0544. The Labute approximate surface area is 146 Å². The van der Waals surface area contributed by atoms with E-state index in [9.17, 15) is 9.59 Å². The maximum Gasteiger partial charge on any atom is 0.343 e. The number of hydrogen-bond acceptors (Lipinski definition) is 4. The van der Waals surface area contributed by atoms with Crippen molar-refractivity contribution < 1.29 is 4.79 Å². The van der Waals surface area contributed by atoms with Crippen molar-refractivity contribution in [3.8, 4) is 0 Å². The van der Waals surface area contributed by atoms with Gasteiger partial charge in [0.15, 0.2) is 5.16 Å². The summed E-state index contributed by atoms with van der Waals surface area (Å²) in [5, 5.41) is 9.66. The monoisotopic (exact) mass is 348 g/mol. The van der Waals surface area contributed by atoms with Crippen LogP contribution in [0.4, 0.5) is 0 Å². The average molecular weight is 348 g/mol. The summed E-state index contributed by atoms with van der Waals surface area (Å²) in [5.41, 5.74) is 0.965. The molecule has 0 unspecified atom stereocenters. The molecule has 0 saturated heterocycles. The lowest BCUT2D eigenvalue weighted by molar-refractivity contribution is -0.120. The number of rotatable bonds is 8. The highest BCUT2D eigenvalue weighted by Gasteiger charge is 2.19. The fourth-order valence-corrected chi connectivity index (χ4v) is 3.23. The minimum Gasteiger partial charge on any atom is -0.355 e. The standard InChI is InChI=1S/C17H24N4O2S/c1-4-10-21-16(23)19-20-17(21)24-13(3)15(22)18-11-12(2)14-8-6-5-7-9-14/h5-9,12-13H,4,10-11H2,1-3H3,(H,18,22)(H,19,23)/t12-,13-/m1/s1. The Kier molecular flexibility index (Phi) is 6.66. The molecule has 0 spiro atoms. The molecule has 6 nitrogen and oxygen atoms in total. The van der Waals surface area contributed by atoms with Crippen molar-refractivity contribution >= 4 is 17.7 Å². The number of H-pyrrole nitrogens is 1. The summed E-state index contributed by atoms with van der Waals surface area (Å²) in [6, 6.07) is 10.1. The van der Waals surface area contributed by atoms with E-state index in [1.165, 1.54) is 17.3 Å². The predicted molar refractivity (Wildman–Crippen MR) is 96.3 cm³/mol. The van der Waals surface area contributed by atoms with E-state index in [2.05, 4.69) is 34.6 Å². The number of carbonyl (C=O) groups is 1. The van der Waals surface area contributed by atoms with Crippen LogP contribution in [0.25, 0.3) is 0 Å². The zero-order valence-electron chi connectivity index (χ0n) is 14.3. The van der Waals surface area contributed by atoms with E-state index in [1.807, 2.05) is 32.0 Å². The van der Waals surface area contributed by atoms with Gasteiger partial charge in [-0.05, 0) is 24.8 Å². The highest BCUT2D eigenvalue weighted by Crippen LogP contribution is 2.20. The van der Waals surface area contributed by atoms with Crippen molar-refractivity contribution in [1.29, 1.82) is 0 Å². The molecule has 2 aromatic rings. The number of aromatic nitrogens is 3. The van der Waals surface area contributed by atoms with Gasteiger partial charge in [-0.25, -0.2) is 9.89 Å². The zero-order valence-corrected chi connectivity index (χ0v) is 15.1. The molecule has 1 aromatic heterocycles. The third-order valence-electron chi connectivity index (χ3n) is 3.77. The van der Waals surface area contributed by atoms with Crippen LogP contribution in [0.15, 0.2) is 40.3 Å². The van der Waals surface area contributed by atoms with Crippen molar-refractivity contribution in [2.45, 2.75) is 50.1 Å². The Morgan fingerprint density at radius 1 is 1.33 bits per heavy atom. The number of thioether (sulfide) groups is 1. The lowest BCUT2D eigenvalue weighted by Gasteiger charge is -2.16. The van der Waals surface area contributed by atoms with Gasteiger partial charge in [0.1, 0.15) is 0 Å². The van der Waals surface area contributed by atoms with Gasteiger partial charge in [-0.1, -0.05) is 55.9 Å². The van der Waals surface area contributed by atoms with Gasteiger partial charge in [-0.2, -0.15) is 0 Å². The molecule has 1 amide bonds. The third-order valence-corrected chi connectivity index (χ3v) is 4.86. The highest BCUT2D eigenvalue weighted by molar-refractivity contribution is 8.00. The first-order valence-corrected chi connectivity index (χ1v) is 9.05. The van der Waals surface area contributed by atoms with Gasteiger partial charge in [0.05, 0.1) is 5.25 Å². The molecule has 0 fully saturated rings. The van der Waals surface area contributed by atoms with Crippen LogP contribution in [0.3, 0.4) is 0 Å². The van der Waals surface area contributed by atoms with E-state index in [0.717, 1.165) is 6.42 Å². The van der Waals surface area contributed by atoms with Crippen LogP contribution in [0, 0.1) is 0 Å². The van der Waals surface area contributed by atoms with Gasteiger partial charge in [0.25, 0.3) is 0 Å². The van der Waals surface area contributed by atoms with Gasteiger partial charge in [0, 0.05) is 13.1 Å². The van der Waals surface area contributed by atoms with Crippen molar-refractivity contribution in [1.82, 2.24) is 20.1 Å². The second-order valence-electron chi connectivity index (χ2n) is 5.78. The van der Waals surface area contributed by atoms with Crippen LogP contribution in [0.5, 0.6) is 0 Å². The molecule has 0 radical (unpaired) electrons. The molecule has 0 aliphatic heterocycles. The largest absolute Gasteiger partial charge is 0.355 e. The van der Waals surface area contributed by atoms with Gasteiger partial charge >= 0.3 is 5.69 Å². The van der Waals surface area contributed by atoms with Crippen LogP contribution >= 0.6 is 11.8 Å². The summed E-state index contributed by atoms with van der Waals surface area (Å²) in [7, 11) is 0. The molecule has 2 N–H and O–H groups in total. The van der Waals surface area contributed by atoms with Crippen molar-refractivity contribution in [3.63, 3.8) is 0 Å². The summed E-state index contributed by atoms with van der Waals surface area (Å²) >= 11 is 1.30. The Bertz CT molecular complexity index is 711. The van der Waals surface area contributed by atoms with Crippen molar-refractivity contribution in [2.75, 3.05) is 6.54 Å². The molecule has 1 heterocycles. The van der Waals surface area contributed by atoms with Crippen LogP contribution in [-0.2, 0) is 11.3 Å². The Hall–Kier alpha value is -2.02. The van der Waals surface area contributed by atoms with Gasteiger partial charge in [0.2, 0.25) is 5.91 Å². The molecular formula is C17H24N4O2S. The fraction of sp³-hybridized carbons (Fsp3) is 0.471. The highest BCUT2D eigenvalue weighted by atomic mass is 32.2. The summed E-state index contributed by atoms with van der Waals surface area (Å²) in [5.74, 6) is 0.192. The third kappa shape index (κ3) is 4.74. The zero-order chi connectivity index (χ0) is 17.5. The van der Waals surface area contributed by atoms with E-state index in [0.29, 0.717) is 18.2 Å². The molecule has 0 bridgehead atoms. The molecule has 0 saturated carbocycles. The Balaban J connectivity index is 1.90. The predicted octanol–water partition coefficient (Wildman–Crippen LogP) is 2.38. The van der Waals surface area contributed by atoms with E-state index in [1.54, 1.807) is 4.57 Å². The van der Waals surface area contributed by atoms with Crippen molar-refractivity contribution in [2.24, 2.45) is 0 Å². The SMILES string of the molecule is CCCn1c(S[C@H](C)C(=O)NC[C@@H](C)c2ccccc2)n[nH]c1=O. The topological polar surface area (TPSA) is 79.8 Å². The molecule has 1 aromatic carbocycles. The molecule has 0 aliphatic rings. The van der Waals surface area contributed by atoms with E-state index < -0.39 is 0 Å². The second-order valence-corrected chi connectivity index (χ2v) is 7.09. The number of aromatic amines is 1. The summed E-state index contributed by atoms with van der Waals surface area (Å²) in [6.45, 7) is 7.07. The maximum absolute atomic E-state index is 12.3. The average Bonchev–Trinajstić information content (AvgIpc) is 2.93. The van der Waals surface area contributed by atoms with Crippen LogP contribution in [0.1, 0.15) is 38.7 Å². The number of nitrogens with zero attached hydrogens (tertiary/aromatic N) is 2. The van der Waals surface area contributed by atoms with Crippen LogP contribution < -0.4 is 11.0 Å². The molecule has 0 aliphatic carbocycles. The van der Waals surface area contributed by atoms with E-state index >= 15 is 0 Å². The molecule has 24 heavy (non-hydrogen) atoms. The lowest BCUT2D eigenvalue weighted by Crippen LogP contribution is -2.33. The van der Waals surface area contributed by atoms with Gasteiger partial charge in [-0.15, -0.1) is 5.10 Å². The Morgan fingerprint density at radius 3 is 2.71 bits per heavy atom. The normalized spacial score (nSPS) is 13.5. The summed E-state index contributed by atoms with van der Waals surface area (Å²) < 4.78 is 1.57. The number of nitrogens with one attached hydrogen (secondary N) is 2. The quantitative estimate of drug-likeness (QED) is 0.718. The molecule has 130 valence electrons. The lowest BCUT2D eigenvalue weighted by atomic mass is 10.0. The maximum atomic E-state index is 12.3. The first-order valence-electron chi connectivity index (χ1n) is 8.17. The molecule has 2 atom stereocenters. The first-order chi connectivity index (χ1) is 11.5. The van der Waals surface area contributed by atoms with Crippen LogP contribution in [0.2, 0.25) is 0 Å². The van der Waals surface area contributed by atoms with Crippen molar-refractivity contribution in [3.05, 3.63) is 46.4 Å². The molecule has 7 heteroatoms. The van der Waals surface area contributed by atoms with Crippen LogP contribution in [-0.4, -0.2) is 32.5 Å². The van der Waals surface area contributed by atoms with Gasteiger partial charge in [-0.3, -0.25) is 9.36 Å². The molecular weight excluding hydrogens is 324 g/mol. The number of carbonyl (C=O) groups excluding carboxylic acids is 1. The number of benzene rings is 1. The minimum atomic E-state index is -0.321. The van der Waals surface area contributed by atoms with E-state index in [-0.39, 0.29) is 22.8 Å². The fourth-order valence-electron chi connectivity index (χ4n) is 2.32. The van der Waals surface area contributed by atoms with Gasteiger partial charge < -0.3 is 5.32 Å². The molecule has 2 rings (SSSR count). The van der Waals surface area contributed by atoms with E-state index in [4.69, 9.17) is 0 Å². The second kappa shape index (κ2) is 8.73. The summed E-state index contributed by atoms with van der Waals surface area (Å²) in [6.07, 6.45) is 0.835. The Morgan fingerprint density at radius 2 is 2.04 bits per heavy atom. The number of amides is 1. The summed E-state index contributed by atoms with van der Waals surface area (Å²) in [4.78, 5) is 24.0.